The molecule has 1 saturated carbocycles. The second kappa shape index (κ2) is 5.29. The summed E-state index contributed by atoms with van der Waals surface area (Å²) >= 11 is 0. The van der Waals surface area contributed by atoms with E-state index in [4.69, 9.17) is 15.2 Å². The van der Waals surface area contributed by atoms with Gasteiger partial charge in [0.2, 0.25) is 0 Å². The zero-order valence-electron chi connectivity index (χ0n) is 11.8. The van der Waals surface area contributed by atoms with Crippen LogP contribution in [0, 0.1) is 11.3 Å². The highest BCUT2D eigenvalue weighted by Crippen LogP contribution is 2.47. The molecule has 3 fully saturated rings. The van der Waals surface area contributed by atoms with Gasteiger partial charge in [-0.15, -0.1) is 0 Å². The molecular formula is C14H25N3O2. The molecule has 0 bridgehead atoms. The average molecular weight is 267 g/mol. The van der Waals surface area contributed by atoms with Gasteiger partial charge in [-0.3, -0.25) is 4.99 Å². The Morgan fingerprint density at radius 2 is 2.05 bits per heavy atom. The zero-order valence-corrected chi connectivity index (χ0v) is 11.8. The van der Waals surface area contributed by atoms with E-state index < -0.39 is 0 Å². The van der Waals surface area contributed by atoms with Crippen LogP contribution in [0.5, 0.6) is 0 Å². The molecule has 2 saturated heterocycles. The normalized spacial score (nSPS) is 36.8. The largest absolute Gasteiger partial charge is 0.378 e. The molecule has 5 heteroatoms. The summed E-state index contributed by atoms with van der Waals surface area (Å²) in [6, 6.07) is 0. The number of nitrogens with two attached hydrogens (primary N) is 1. The van der Waals surface area contributed by atoms with Crippen LogP contribution in [-0.2, 0) is 9.47 Å². The molecule has 2 N–H and O–H groups in total. The van der Waals surface area contributed by atoms with Crippen LogP contribution in [-0.4, -0.2) is 56.4 Å². The lowest BCUT2D eigenvalue weighted by Gasteiger charge is -2.31. The highest BCUT2D eigenvalue weighted by molar-refractivity contribution is 5.78. The third-order valence-electron chi connectivity index (χ3n) is 4.64. The monoisotopic (exact) mass is 267 g/mol. The molecule has 0 spiro atoms. The van der Waals surface area contributed by atoms with Crippen LogP contribution in [0.25, 0.3) is 0 Å². The van der Waals surface area contributed by atoms with E-state index in [1.54, 1.807) is 0 Å². The molecule has 0 aromatic carbocycles. The second-order valence-electron chi connectivity index (χ2n) is 6.31. The van der Waals surface area contributed by atoms with E-state index in [1.165, 1.54) is 12.8 Å². The van der Waals surface area contributed by atoms with E-state index in [2.05, 4.69) is 16.8 Å². The lowest BCUT2D eigenvalue weighted by molar-refractivity contribution is 0.0420. The van der Waals surface area contributed by atoms with Gasteiger partial charge in [0, 0.05) is 25.1 Å². The van der Waals surface area contributed by atoms with Gasteiger partial charge < -0.3 is 20.1 Å². The first-order valence-electron chi connectivity index (χ1n) is 7.43. The van der Waals surface area contributed by atoms with E-state index in [-0.39, 0.29) is 5.41 Å². The van der Waals surface area contributed by atoms with Gasteiger partial charge in [-0.25, -0.2) is 0 Å². The molecule has 3 rings (SSSR count). The van der Waals surface area contributed by atoms with Crippen molar-refractivity contribution in [2.45, 2.75) is 32.3 Å². The Morgan fingerprint density at radius 3 is 2.74 bits per heavy atom. The van der Waals surface area contributed by atoms with E-state index >= 15 is 0 Å². The summed E-state index contributed by atoms with van der Waals surface area (Å²) in [6.07, 6.45) is 4.15. The Balaban J connectivity index is 1.60. The quantitative estimate of drug-likeness (QED) is 0.608. The van der Waals surface area contributed by atoms with Crippen molar-refractivity contribution in [3.63, 3.8) is 0 Å². The topological polar surface area (TPSA) is 60.1 Å². The fourth-order valence-corrected chi connectivity index (χ4v) is 3.19. The van der Waals surface area contributed by atoms with Gasteiger partial charge in [0.1, 0.15) is 0 Å². The molecule has 1 aliphatic carbocycles. The van der Waals surface area contributed by atoms with E-state index in [0.717, 1.165) is 51.8 Å². The molecule has 19 heavy (non-hydrogen) atoms. The van der Waals surface area contributed by atoms with Crippen molar-refractivity contribution in [3.05, 3.63) is 0 Å². The number of guanidine groups is 1. The van der Waals surface area contributed by atoms with Gasteiger partial charge >= 0.3 is 0 Å². The molecule has 2 atom stereocenters. The lowest BCUT2D eigenvalue weighted by atomic mass is 9.81. The maximum absolute atomic E-state index is 6.10. The van der Waals surface area contributed by atoms with Crippen LogP contribution < -0.4 is 5.73 Å². The SMILES string of the molecule is CC1(CN=C(N)N2CCOCC2)CCOC1C1CC1. The van der Waals surface area contributed by atoms with Gasteiger partial charge in [-0.2, -0.15) is 0 Å². The smallest absolute Gasteiger partial charge is 0.191 e. The van der Waals surface area contributed by atoms with Gasteiger partial charge in [0.15, 0.2) is 5.96 Å². The first-order chi connectivity index (χ1) is 9.19. The summed E-state index contributed by atoms with van der Waals surface area (Å²) in [5, 5.41) is 0. The number of hydrogen-bond acceptors (Lipinski definition) is 3. The Kier molecular flexibility index (Phi) is 3.67. The van der Waals surface area contributed by atoms with E-state index in [9.17, 15) is 0 Å². The summed E-state index contributed by atoms with van der Waals surface area (Å²) in [6.45, 7) is 7.19. The molecule has 0 radical (unpaired) electrons. The number of hydrogen-bond donors (Lipinski definition) is 1. The van der Waals surface area contributed by atoms with Crippen molar-refractivity contribution in [3.8, 4) is 0 Å². The maximum atomic E-state index is 6.10. The van der Waals surface area contributed by atoms with Crippen LogP contribution in [0.1, 0.15) is 26.2 Å². The summed E-state index contributed by atoms with van der Waals surface area (Å²) in [5.41, 5.74) is 6.28. The third kappa shape index (κ3) is 2.87. The minimum Gasteiger partial charge on any atom is -0.378 e. The van der Waals surface area contributed by atoms with Gasteiger partial charge in [-0.1, -0.05) is 6.92 Å². The van der Waals surface area contributed by atoms with Gasteiger partial charge in [-0.05, 0) is 25.2 Å². The third-order valence-corrected chi connectivity index (χ3v) is 4.64. The summed E-state index contributed by atoms with van der Waals surface area (Å²) in [4.78, 5) is 6.77. The Hall–Kier alpha value is -0.810. The molecule has 0 aromatic rings. The number of nitrogens with zero attached hydrogens (tertiary/aromatic N) is 2. The molecular weight excluding hydrogens is 242 g/mol. The van der Waals surface area contributed by atoms with Crippen molar-refractivity contribution in [1.82, 2.24) is 4.90 Å². The Labute approximate surface area is 115 Å². The summed E-state index contributed by atoms with van der Waals surface area (Å²) in [7, 11) is 0. The Morgan fingerprint density at radius 1 is 1.32 bits per heavy atom. The van der Waals surface area contributed by atoms with Crippen molar-refractivity contribution in [2.75, 3.05) is 39.5 Å². The summed E-state index contributed by atoms with van der Waals surface area (Å²) < 4.78 is 11.3. The first kappa shape index (κ1) is 13.2. The van der Waals surface area contributed by atoms with Crippen molar-refractivity contribution >= 4 is 5.96 Å². The highest BCUT2D eigenvalue weighted by atomic mass is 16.5. The molecule has 2 unspecified atom stereocenters. The molecule has 2 aliphatic heterocycles. The zero-order chi connectivity index (χ0) is 13.3. The van der Waals surface area contributed by atoms with Crippen LogP contribution in [0.15, 0.2) is 4.99 Å². The Bertz CT molecular complexity index is 351. The highest BCUT2D eigenvalue weighted by Gasteiger charge is 2.48. The molecule has 5 nitrogen and oxygen atoms in total. The molecule has 108 valence electrons. The fourth-order valence-electron chi connectivity index (χ4n) is 3.19. The molecule has 3 aliphatic rings. The van der Waals surface area contributed by atoms with E-state index in [0.29, 0.717) is 12.1 Å². The van der Waals surface area contributed by atoms with Gasteiger partial charge in [0.05, 0.1) is 25.9 Å². The molecule has 0 amide bonds. The van der Waals surface area contributed by atoms with Crippen molar-refractivity contribution < 1.29 is 9.47 Å². The number of ether oxygens (including phenoxy) is 2. The minimum atomic E-state index is 0.179. The maximum Gasteiger partial charge on any atom is 0.191 e. The van der Waals surface area contributed by atoms with E-state index in [1.807, 2.05) is 0 Å². The average Bonchev–Trinajstić information content (AvgIpc) is 3.21. The number of morpholine rings is 1. The summed E-state index contributed by atoms with van der Waals surface area (Å²) in [5.74, 6) is 1.44. The van der Waals surface area contributed by atoms with Crippen LogP contribution in [0.3, 0.4) is 0 Å². The van der Waals surface area contributed by atoms with Crippen LogP contribution in [0.4, 0.5) is 0 Å². The standard InChI is InChI=1S/C14H25N3O2/c1-14(4-7-19-12(14)11-2-3-11)10-16-13(15)17-5-8-18-9-6-17/h11-12H,2-10H2,1H3,(H2,15,16). The van der Waals surface area contributed by atoms with Gasteiger partial charge in [0.25, 0.3) is 0 Å². The van der Waals surface area contributed by atoms with Crippen LogP contribution in [0.2, 0.25) is 0 Å². The van der Waals surface area contributed by atoms with Crippen LogP contribution >= 0.6 is 0 Å². The predicted octanol–water partition coefficient (Wildman–Crippen LogP) is 0.839. The lowest BCUT2D eigenvalue weighted by Crippen LogP contribution is -2.45. The molecule has 2 heterocycles. The first-order valence-corrected chi connectivity index (χ1v) is 7.43. The second-order valence-corrected chi connectivity index (χ2v) is 6.31. The van der Waals surface area contributed by atoms with Crippen molar-refractivity contribution in [1.29, 1.82) is 0 Å². The minimum absolute atomic E-state index is 0.179. The van der Waals surface area contributed by atoms with Crippen molar-refractivity contribution in [2.24, 2.45) is 22.1 Å². The molecule has 0 aromatic heterocycles. The fraction of sp³-hybridized carbons (Fsp3) is 0.929. The predicted molar refractivity (Wildman–Crippen MR) is 74.1 cm³/mol. The number of rotatable bonds is 3. The number of aliphatic imine (C=N–C) groups is 1.